The molecule has 0 saturated carbocycles. The molecular weight excluding hydrogens is 218 g/mol. The summed E-state index contributed by atoms with van der Waals surface area (Å²) in [5.41, 5.74) is 6.15. The van der Waals surface area contributed by atoms with E-state index >= 15 is 0 Å². The van der Waals surface area contributed by atoms with Crippen molar-refractivity contribution in [3.63, 3.8) is 0 Å². The van der Waals surface area contributed by atoms with Gasteiger partial charge in [-0.2, -0.15) is 0 Å². The second kappa shape index (κ2) is 6.00. The lowest BCUT2D eigenvalue weighted by atomic mass is 10.3. The number of nitrogens with zero attached hydrogens (tertiary/aromatic N) is 1. The lowest BCUT2D eigenvalue weighted by Gasteiger charge is -2.18. The van der Waals surface area contributed by atoms with E-state index in [9.17, 15) is 9.59 Å². The molecule has 17 heavy (non-hydrogen) atoms. The van der Waals surface area contributed by atoms with Gasteiger partial charge in [0.15, 0.2) is 0 Å². The first kappa shape index (κ1) is 13.2. The Hall–Kier alpha value is -1.88. The van der Waals surface area contributed by atoms with Crippen LogP contribution in [-0.4, -0.2) is 36.3 Å². The Morgan fingerprint density at radius 2 is 1.94 bits per heavy atom. The van der Waals surface area contributed by atoms with Crippen molar-refractivity contribution in [1.29, 1.82) is 0 Å². The summed E-state index contributed by atoms with van der Waals surface area (Å²) in [5.74, 6) is -0.499. The highest BCUT2D eigenvalue weighted by molar-refractivity contribution is 5.95. The second-order valence-electron chi connectivity index (χ2n) is 3.90. The van der Waals surface area contributed by atoms with Crippen LogP contribution in [0.2, 0.25) is 0 Å². The maximum Gasteiger partial charge on any atom is 0.243 e. The molecule has 92 valence electrons. The van der Waals surface area contributed by atoms with Crippen LogP contribution in [0.4, 0.5) is 5.69 Å². The van der Waals surface area contributed by atoms with Crippen LogP contribution in [0.5, 0.6) is 0 Å². The van der Waals surface area contributed by atoms with E-state index in [1.807, 2.05) is 18.2 Å². The number of hydrogen-bond donors (Lipinski definition) is 2. The summed E-state index contributed by atoms with van der Waals surface area (Å²) in [6.45, 7) is 1.59. The van der Waals surface area contributed by atoms with Gasteiger partial charge in [0.25, 0.3) is 0 Å². The lowest BCUT2D eigenvalue weighted by molar-refractivity contribution is -0.134. The second-order valence-corrected chi connectivity index (χ2v) is 3.90. The molecule has 0 aliphatic carbocycles. The topological polar surface area (TPSA) is 75.4 Å². The molecule has 1 aromatic rings. The number of hydrogen-bond acceptors (Lipinski definition) is 3. The summed E-state index contributed by atoms with van der Waals surface area (Å²) in [6, 6.07) is 8.49. The van der Waals surface area contributed by atoms with Crippen LogP contribution in [0.25, 0.3) is 0 Å². The van der Waals surface area contributed by atoms with Gasteiger partial charge < -0.3 is 16.0 Å². The average molecular weight is 235 g/mol. The van der Waals surface area contributed by atoms with Gasteiger partial charge >= 0.3 is 0 Å². The van der Waals surface area contributed by atoms with E-state index in [4.69, 9.17) is 5.73 Å². The molecule has 0 radical (unpaired) electrons. The van der Waals surface area contributed by atoms with Gasteiger partial charge in [0.1, 0.15) is 0 Å². The first-order valence-corrected chi connectivity index (χ1v) is 5.36. The third-order valence-electron chi connectivity index (χ3n) is 2.20. The van der Waals surface area contributed by atoms with Gasteiger partial charge in [0.2, 0.25) is 11.8 Å². The summed E-state index contributed by atoms with van der Waals surface area (Å²) in [6.07, 6.45) is 0. The third kappa shape index (κ3) is 4.24. The standard InChI is InChI=1S/C12H17N3O2/c1-9(13)12(17)15(2)8-11(16)14-10-6-4-3-5-7-10/h3-7,9H,8,13H2,1-2H3,(H,14,16)/t9-/m0/s1. The minimum absolute atomic E-state index is 0.00469. The van der Waals surface area contributed by atoms with E-state index in [1.54, 1.807) is 26.1 Å². The molecule has 2 amide bonds. The van der Waals surface area contributed by atoms with E-state index in [0.29, 0.717) is 5.69 Å². The quantitative estimate of drug-likeness (QED) is 0.794. The van der Waals surface area contributed by atoms with E-state index in [2.05, 4.69) is 5.32 Å². The first-order valence-electron chi connectivity index (χ1n) is 5.36. The molecule has 0 fully saturated rings. The number of para-hydroxylation sites is 1. The van der Waals surface area contributed by atoms with Gasteiger partial charge in [-0.05, 0) is 19.1 Å². The number of benzene rings is 1. The smallest absolute Gasteiger partial charge is 0.243 e. The van der Waals surface area contributed by atoms with E-state index in [0.717, 1.165) is 0 Å². The van der Waals surface area contributed by atoms with E-state index < -0.39 is 6.04 Å². The molecule has 1 rings (SSSR count). The Balaban J connectivity index is 2.48. The van der Waals surface area contributed by atoms with Crippen molar-refractivity contribution in [3.8, 4) is 0 Å². The monoisotopic (exact) mass is 235 g/mol. The van der Waals surface area contributed by atoms with Crippen molar-refractivity contribution >= 4 is 17.5 Å². The van der Waals surface area contributed by atoms with Crippen LogP contribution in [-0.2, 0) is 9.59 Å². The molecule has 3 N–H and O–H groups in total. The number of nitrogens with two attached hydrogens (primary N) is 1. The first-order chi connectivity index (χ1) is 8.00. The van der Waals surface area contributed by atoms with Crippen molar-refractivity contribution in [2.75, 3.05) is 18.9 Å². The number of likely N-dealkylation sites (N-methyl/N-ethyl adjacent to an activating group) is 1. The zero-order valence-corrected chi connectivity index (χ0v) is 10.0. The zero-order chi connectivity index (χ0) is 12.8. The summed E-state index contributed by atoms with van der Waals surface area (Å²) in [7, 11) is 1.55. The Kier molecular flexibility index (Phi) is 4.66. The number of rotatable bonds is 4. The molecule has 0 unspecified atom stereocenters. The molecule has 5 heteroatoms. The van der Waals surface area contributed by atoms with Crippen LogP contribution in [0, 0.1) is 0 Å². The van der Waals surface area contributed by atoms with E-state index in [1.165, 1.54) is 4.90 Å². The zero-order valence-electron chi connectivity index (χ0n) is 10.0. The van der Waals surface area contributed by atoms with Gasteiger partial charge in [0, 0.05) is 12.7 Å². The molecule has 0 bridgehead atoms. The molecule has 1 aromatic carbocycles. The van der Waals surface area contributed by atoms with Gasteiger partial charge in [-0.3, -0.25) is 9.59 Å². The lowest BCUT2D eigenvalue weighted by Crippen LogP contribution is -2.43. The van der Waals surface area contributed by atoms with Crippen LogP contribution in [0.3, 0.4) is 0 Å². The van der Waals surface area contributed by atoms with Crippen molar-refractivity contribution in [2.45, 2.75) is 13.0 Å². The average Bonchev–Trinajstić information content (AvgIpc) is 2.28. The molecule has 0 saturated heterocycles. The third-order valence-corrected chi connectivity index (χ3v) is 2.20. The van der Waals surface area contributed by atoms with Crippen molar-refractivity contribution in [2.24, 2.45) is 5.73 Å². The molecule has 0 aliphatic heterocycles. The Morgan fingerprint density at radius 3 is 2.47 bits per heavy atom. The number of amides is 2. The fourth-order valence-corrected chi connectivity index (χ4v) is 1.36. The molecule has 0 aromatic heterocycles. The minimum Gasteiger partial charge on any atom is -0.335 e. The normalized spacial score (nSPS) is 11.7. The summed E-state index contributed by atoms with van der Waals surface area (Å²) in [5, 5.41) is 2.69. The number of carbonyl (C=O) groups is 2. The SMILES string of the molecule is C[C@H](N)C(=O)N(C)CC(=O)Nc1ccccc1. The largest absolute Gasteiger partial charge is 0.335 e. The predicted molar refractivity (Wildman–Crippen MR) is 66.4 cm³/mol. The maximum absolute atomic E-state index is 11.6. The number of carbonyl (C=O) groups excluding carboxylic acids is 2. The van der Waals surface area contributed by atoms with Gasteiger partial charge in [-0.1, -0.05) is 18.2 Å². The molecular formula is C12H17N3O2. The highest BCUT2D eigenvalue weighted by atomic mass is 16.2. The van der Waals surface area contributed by atoms with Crippen molar-refractivity contribution < 1.29 is 9.59 Å². The van der Waals surface area contributed by atoms with Crippen LogP contribution < -0.4 is 11.1 Å². The fourth-order valence-electron chi connectivity index (χ4n) is 1.36. The maximum atomic E-state index is 11.6. The molecule has 0 spiro atoms. The van der Waals surface area contributed by atoms with Crippen LogP contribution in [0.15, 0.2) is 30.3 Å². The molecule has 0 heterocycles. The highest BCUT2D eigenvalue weighted by Crippen LogP contribution is 2.04. The summed E-state index contributed by atoms with van der Waals surface area (Å²) >= 11 is 0. The van der Waals surface area contributed by atoms with Gasteiger partial charge in [-0.25, -0.2) is 0 Å². The highest BCUT2D eigenvalue weighted by Gasteiger charge is 2.16. The number of anilines is 1. The van der Waals surface area contributed by atoms with Crippen molar-refractivity contribution in [3.05, 3.63) is 30.3 Å². The van der Waals surface area contributed by atoms with Crippen LogP contribution in [0.1, 0.15) is 6.92 Å². The fraction of sp³-hybridized carbons (Fsp3) is 0.333. The summed E-state index contributed by atoms with van der Waals surface area (Å²) in [4.78, 5) is 24.4. The Morgan fingerprint density at radius 1 is 1.35 bits per heavy atom. The minimum atomic E-state index is -0.593. The van der Waals surface area contributed by atoms with Gasteiger partial charge in [-0.15, -0.1) is 0 Å². The van der Waals surface area contributed by atoms with Crippen LogP contribution >= 0.6 is 0 Å². The Bertz CT molecular complexity index is 390. The molecule has 5 nitrogen and oxygen atoms in total. The number of nitrogens with one attached hydrogen (secondary N) is 1. The van der Waals surface area contributed by atoms with E-state index in [-0.39, 0.29) is 18.4 Å². The van der Waals surface area contributed by atoms with Gasteiger partial charge in [0.05, 0.1) is 12.6 Å². The molecule has 1 atom stereocenters. The molecule has 0 aliphatic rings. The van der Waals surface area contributed by atoms with Crippen molar-refractivity contribution in [1.82, 2.24) is 4.90 Å². The Labute approximate surface area is 101 Å². The predicted octanol–water partition coefficient (Wildman–Crippen LogP) is 0.431. The summed E-state index contributed by atoms with van der Waals surface area (Å²) < 4.78 is 0.